The first kappa shape index (κ1) is 6.48. The van der Waals surface area contributed by atoms with E-state index in [2.05, 4.69) is 0 Å². The zero-order valence-corrected chi connectivity index (χ0v) is 4.73. The Balaban J connectivity index is 2.78. The molecule has 9 heavy (non-hydrogen) atoms. The van der Waals surface area contributed by atoms with Crippen LogP contribution in [-0.4, -0.2) is 27.2 Å². The first-order chi connectivity index (χ1) is 4.13. The zero-order valence-electron chi connectivity index (χ0n) is 4.73. The third kappa shape index (κ3) is 1.18. The Morgan fingerprint density at radius 3 is 2.22 bits per heavy atom. The van der Waals surface area contributed by atoms with Gasteiger partial charge in [-0.25, -0.2) is 0 Å². The predicted molar refractivity (Wildman–Crippen MR) is 31.5 cm³/mol. The molecule has 1 rings (SSSR count). The first-order valence-corrected chi connectivity index (χ1v) is 2.62. The fraction of sp³-hybridized carbons (Fsp3) is 0.333. The van der Waals surface area contributed by atoms with Crippen molar-refractivity contribution < 1.29 is 15.3 Å². The van der Waals surface area contributed by atoms with Gasteiger partial charge in [-0.1, -0.05) is 18.2 Å². The molecule has 0 amide bonds. The van der Waals surface area contributed by atoms with Crippen LogP contribution in [0.25, 0.3) is 0 Å². The van der Waals surface area contributed by atoms with Crippen LogP contribution in [-0.2, 0) is 0 Å². The molecule has 0 bridgehead atoms. The van der Waals surface area contributed by atoms with E-state index in [1.54, 1.807) is 6.08 Å². The molecule has 0 saturated heterocycles. The first-order valence-electron chi connectivity index (χ1n) is 2.62. The van der Waals surface area contributed by atoms with Crippen LogP contribution in [0.3, 0.4) is 0 Å². The lowest BCUT2D eigenvalue weighted by Crippen LogP contribution is -2.39. The van der Waals surface area contributed by atoms with Crippen LogP contribution in [0.1, 0.15) is 0 Å². The van der Waals surface area contributed by atoms with Gasteiger partial charge in [-0.15, -0.1) is 0 Å². The van der Waals surface area contributed by atoms with Crippen molar-refractivity contribution in [2.75, 3.05) is 0 Å². The molecule has 0 saturated carbocycles. The number of hydrogen-bond donors (Lipinski definition) is 3. The molecule has 0 aliphatic heterocycles. The highest BCUT2D eigenvalue weighted by molar-refractivity contribution is 5.18. The molecule has 0 aromatic rings. The SMILES string of the molecule is O[C@H]1C=CC=CC1(O)O. The second kappa shape index (κ2) is 1.95. The average Bonchev–Trinajstić information content (AvgIpc) is 1.77. The van der Waals surface area contributed by atoms with Crippen molar-refractivity contribution in [1.29, 1.82) is 0 Å². The van der Waals surface area contributed by atoms with Crippen molar-refractivity contribution in [3.05, 3.63) is 24.3 Å². The fourth-order valence-electron chi connectivity index (χ4n) is 0.607. The second-order valence-electron chi connectivity index (χ2n) is 1.97. The highest BCUT2D eigenvalue weighted by atomic mass is 16.5. The van der Waals surface area contributed by atoms with E-state index < -0.39 is 11.9 Å². The van der Waals surface area contributed by atoms with E-state index in [0.717, 1.165) is 6.08 Å². The van der Waals surface area contributed by atoms with Crippen LogP contribution >= 0.6 is 0 Å². The van der Waals surface area contributed by atoms with Gasteiger partial charge in [-0.05, 0) is 6.08 Å². The van der Waals surface area contributed by atoms with Gasteiger partial charge in [0.1, 0.15) is 6.10 Å². The lowest BCUT2D eigenvalue weighted by molar-refractivity contribution is -0.174. The summed E-state index contributed by atoms with van der Waals surface area (Å²) in [4.78, 5) is 0. The van der Waals surface area contributed by atoms with Gasteiger partial charge in [0.05, 0.1) is 0 Å². The van der Waals surface area contributed by atoms with E-state index >= 15 is 0 Å². The summed E-state index contributed by atoms with van der Waals surface area (Å²) < 4.78 is 0. The summed E-state index contributed by atoms with van der Waals surface area (Å²) in [5.74, 6) is -2.07. The van der Waals surface area contributed by atoms with Gasteiger partial charge in [-0.3, -0.25) is 0 Å². The molecule has 50 valence electrons. The number of aliphatic hydroxyl groups excluding tert-OH is 1. The summed E-state index contributed by atoms with van der Waals surface area (Å²) in [5.41, 5.74) is 0. The Hall–Kier alpha value is -0.640. The third-order valence-electron chi connectivity index (χ3n) is 1.18. The Morgan fingerprint density at radius 1 is 1.22 bits per heavy atom. The molecule has 0 unspecified atom stereocenters. The van der Waals surface area contributed by atoms with Gasteiger partial charge in [-0.2, -0.15) is 0 Å². The zero-order chi connectivity index (χ0) is 6.91. The molecule has 0 aromatic carbocycles. The number of hydrogen-bond acceptors (Lipinski definition) is 3. The third-order valence-corrected chi connectivity index (χ3v) is 1.18. The maximum Gasteiger partial charge on any atom is 0.213 e. The Bertz CT molecular complexity index is 158. The Labute approximate surface area is 52.6 Å². The molecule has 0 heterocycles. The maximum absolute atomic E-state index is 8.81. The maximum atomic E-state index is 8.81. The minimum Gasteiger partial charge on any atom is -0.383 e. The predicted octanol–water partition coefficient (Wildman–Crippen LogP) is -0.846. The summed E-state index contributed by atoms with van der Waals surface area (Å²) in [6.07, 6.45) is 4.24. The van der Waals surface area contributed by atoms with Gasteiger partial charge in [0, 0.05) is 0 Å². The fourth-order valence-corrected chi connectivity index (χ4v) is 0.607. The van der Waals surface area contributed by atoms with Gasteiger partial charge in [0.25, 0.3) is 0 Å². The summed E-state index contributed by atoms with van der Waals surface area (Å²) in [7, 11) is 0. The molecule has 0 spiro atoms. The average molecular weight is 128 g/mol. The summed E-state index contributed by atoms with van der Waals surface area (Å²) in [5, 5.41) is 26.4. The number of allylic oxidation sites excluding steroid dienone is 2. The summed E-state index contributed by atoms with van der Waals surface area (Å²) >= 11 is 0. The van der Waals surface area contributed by atoms with Crippen LogP contribution < -0.4 is 0 Å². The van der Waals surface area contributed by atoms with Gasteiger partial charge >= 0.3 is 0 Å². The van der Waals surface area contributed by atoms with E-state index in [-0.39, 0.29) is 0 Å². The smallest absolute Gasteiger partial charge is 0.213 e. The lowest BCUT2D eigenvalue weighted by atomic mass is 10.1. The van der Waals surface area contributed by atoms with E-state index in [9.17, 15) is 0 Å². The molecule has 3 N–H and O–H groups in total. The van der Waals surface area contributed by atoms with Gasteiger partial charge in [0.15, 0.2) is 0 Å². The van der Waals surface area contributed by atoms with E-state index in [0.29, 0.717) is 0 Å². The Morgan fingerprint density at radius 2 is 1.89 bits per heavy atom. The Kier molecular flexibility index (Phi) is 1.40. The normalized spacial score (nSPS) is 30.8. The van der Waals surface area contributed by atoms with Crippen LogP contribution in [0.2, 0.25) is 0 Å². The van der Waals surface area contributed by atoms with Crippen LogP contribution in [0, 0.1) is 0 Å². The van der Waals surface area contributed by atoms with Gasteiger partial charge < -0.3 is 15.3 Å². The van der Waals surface area contributed by atoms with Crippen molar-refractivity contribution in [2.24, 2.45) is 0 Å². The summed E-state index contributed by atoms with van der Waals surface area (Å²) in [6.45, 7) is 0. The van der Waals surface area contributed by atoms with E-state index in [1.807, 2.05) is 0 Å². The molecule has 3 heteroatoms. The molecule has 0 fully saturated rings. The summed E-state index contributed by atoms with van der Waals surface area (Å²) in [6, 6.07) is 0. The van der Waals surface area contributed by atoms with Crippen molar-refractivity contribution in [3.63, 3.8) is 0 Å². The number of rotatable bonds is 0. The molecule has 0 aromatic heterocycles. The van der Waals surface area contributed by atoms with Crippen molar-refractivity contribution in [1.82, 2.24) is 0 Å². The quantitative estimate of drug-likeness (QED) is 0.372. The van der Waals surface area contributed by atoms with Crippen LogP contribution in [0.5, 0.6) is 0 Å². The molecule has 1 aliphatic carbocycles. The highest BCUT2D eigenvalue weighted by Gasteiger charge is 2.28. The molecule has 0 radical (unpaired) electrons. The standard InChI is InChI=1S/C6H8O3/c7-5-3-1-2-4-6(5,8)9/h1-5,7-9H/t5-/m0/s1. The van der Waals surface area contributed by atoms with E-state index in [4.69, 9.17) is 15.3 Å². The number of aliphatic hydroxyl groups is 3. The topological polar surface area (TPSA) is 60.7 Å². The molecular formula is C6H8O3. The molecule has 1 atom stereocenters. The molecule has 3 nitrogen and oxygen atoms in total. The largest absolute Gasteiger partial charge is 0.383 e. The van der Waals surface area contributed by atoms with Crippen molar-refractivity contribution in [3.8, 4) is 0 Å². The van der Waals surface area contributed by atoms with Crippen molar-refractivity contribution in [2.45, 2.75) is 11.9 Å². The van der Waals surface area contributed by atoms with Crippen LogP contribution in [0.4, 0.5) is 0 Å². The van der Waals surface area contributed by atoms with E-state index in [1.165, 1.54) is 12.2 Å². The van der Waals surface area contributed by atoms with Crippen LogP contribution in [0.15, 0.2) is 24.3 Å². The molecular weight excluding hydrogens is 120 g/mol. The highest BCUT2D eigenvalue weighted by Crippen LogP contribution is 2.13. The van der Waals surface area contributed by atoms with Gasteiger partial charge in [0.2, 0.25) is 5.79 Å². The lowest BCUT2D eigenvalue weighted by Gasteiger charge is -2.23. The molecule has 1 aliphatic rings. The minimum absolute atomic E-state index is 1.12. The minimum atomic E-state index is -2.07. The van der Waals surface area contributed by atoms with Crippen molar-refractivity contribution >= 4 is 0 Å². The monoisotopic (exact) mass is 128 g/mol. The second-order valence-corrected chi connectivity index (χ2v) is 1.97.